The van der Waals surface area contributed by atoms with Crippen LogP contribution in [0.2, 0.25) is 10.0 Å². The van der Waals surface area contributed by atoms with Gasteiger partial charge >= 0.3 is 5.97 Å². The maximum Gasteiger partial charge on any atom is 0.303 e. The number of benzene rings is 2. The number of hydrogen-bond acceptors (Lipinski definition) is 3. The predicted molar refractivity (Wildman–Crippen MR) is 122 cm³/mol. The smallest absolute Gasteiger partial charge is 0.303 e. The molecule has 1 aliphatic carbocycles. The lowest BCUT2D eigenvalue weighted by Gasteiger charge is -2.30. The molecule has 0 bridgehead atoms. The largest absolute Gasteiger partial charge is 0.481 e. The zero-order valence-electron chi connectivity index (χ0n) is 16.8. The van der Waals surface area contributed by atoms with Gasteiger partial charge in [0.1, 0.15) is 0 Å². The summed E-state index contributed by atoms with van der Waals surface area (Å²) in [5.74, 6) is -1.33. The Bertz CT molecular complexity index is 1080. The Morgan fingerprint density at radius 1 is 1.06 bits per heavy atom. The molecule has 7 heteroatoms. The lowest BCUT2D eigenvalue weighted by atomic mass is 9.77. The summed E-state index contributed by atoms with van der Waals surface area (Å²) >= 11 is 12.9. The van der Waals surface area contributed by atoms with Gasteiger partial charge in [-0.3, -0.25) is 9.59 Å². The van der Waals surface area contributed by atoms with Crippen molar-refractivity contribution in [1.82, 2.24) is 5.01 Å². The van der Waals surface area contributed by atoms with Crippen molar-refractivity contribution in [1.29, 1.82) is 0 Å². The number of hydrazone groups is 1. The minimum absolute atomic E-state index is 0.00355. The van der Waals surface area contributed by atoms with Crippen LogP contribution in [0.5, 0.6) is 0 Å². The number of carboxylic acid groups (broad SMARTS) is 1. The van der Waals surface area contributed by atoms with Crippen LogP contribution in [0.25, 0.3) is 6.08 Å². The minimum Gasteiger partial charge on any atom is -0.481 e. The molecule has 2 unspecified atom stereocenters. The maximum absolute atomic E-state index is 13.0. The molecule has 0 radical (unpaired) electrons. The molecule has 1 heterocycles. The van der Waals surface area contributed by atoms with Gasteiger partial charge in [0.2, 0.25) is 5.91 Å². The second kappa shape index (κ2) is 9.25. The first-order chi connectivity index (χ1) is 15.0. The molecule has 160 valence electrons. The molecule has 2 aromatic rings. The van der Waals surface area contributed by atoms with Crippen LogP contribution >= 0.6 is 23.2 Å². The van der Waals surface area contributed by atoms with Gasteiger partial charge in [0, 0.05) is 22.4 Å². The Morgan fingerprint density at radius 3 is 2.48 bits per heavy atom. The van der Waals surface area contributed by atoms with E-state index in [0.717, 1.165) is 41.7 Å². The highest BCUT2D eigenvalue weighted by atomic mass is 35.5. The van der Waals surface area contributed by atoms with E-state index in [0.29, 0.717) is 10.0 Å². The topological polar surface area (TPSA) is 70.0 Å². The summed E-state index contributed by atoms with van der Waals surface area (Å²) in [5, 5.41) is 16.4. The molecule has 0 spiro atoms. The average Bonchev–Trinajstić information content (AvgIpc) is 3.14. The summed E-state index contributed by atoms with van der Waals surface area (Å²) in [6, 6.07) is 14.7. The number of amides is 1. The quantitative estimate of drug-likeness (QED) is 0.601. The number of fused-ring (bicyclic) bond motifs is 1. The highest BCUT2D eigenvalue weighted by Gasteiger charge is 2.44. The van der Waals surface area contributed by atoms with Crippen LogP contribution in [0.3, 0.4) is 0 Å². The fourth-order valence-corrected chi connectivity index (χ4v) is 4.78. The Labute approximate surface area is 191 Å². The van der Waals surface area contributed by atoms with Crippen molar-refractivity contribution in [3.8, 4) is 0 Å². The van der Waals surface area contributed by atoms with Gasteiger partial charge in [0.05, 0.1) is 18.2 Å². The predicted octanol–water partition coefficient (Wildman–Crippen LogP) is 5.98. The minimum atomic E-state index is -1.01. The van der Waals surface area contributed by atoms with Crippen molar-refractivity contribution in [2.45, 2.75) is 38.1 Å². The Balaban J connectivity index is 1.75. The number of hydrogen-bond donors (Lipinski definition) is 1. The van der Waals surface area contributed by atoms with Crippen molar-refractivity contribution in [3.63, 3.8) is 0 Å². The van der Waals surface area contributed by atoms with Crippen LogP contribution in [0, 0.1) is 5.92 Å². The number of carboxylic acids is 1. The van der Waals surface area contributed by atoms with Crippen LogP contribution in [-0.4, -0.2) is 27.7 Å². The number of halogens is 2. The Morgan fingerprint density at radius 2 is 1.77 bits per heavy atom. The van der Waals surface area contributed by atoms with Gasteiger partial charge in [-0.05, 0) is 54.2 Å². The van der Waals surface area contributed by atoms with Crippen molar-refractivity contribution in [3.05, 3.63) is 75.3 Å². The van der Waals surface area contributed by atoms with Gasteiger partial charge in [0.15, 0.2) is 0 Å². The third-order valence-corrected chi connectivity index (χ3v) is 6.46. The third-order valence-electron chi connectivity index (χ3n) is 5.77. The lowest BCUT2D eigenvalue weighted by Crippen LogP contribution is -2.32. The molecular formula is C24H22Cl2N2O3. The van der Waals surface area contributed by atoms with Gasteiger partial charge in [-0.1, -0.05) is 59.6 Å². The van der Waals surface area contributed by atoms with E-state index in [2.05, 4.69) is 0 Å². The van der Waals surface area contributed by atoms with E-state index in [1.54, 1.807) is 6.07 Å². The monoisotopic (exact) mass is 456 g/mol. The summed E-state index contributed by atoms with van der Waals surface area (Å²) in [5.41, 5.74) is 3.65. The van der Waals surface area contributed by atoms with E-state index >= 15 is 0 Å². The summed E-state index contributed by atoms with van der Waals surface area (Å²) in [6.45, 7) is 0. The summed E-state index contributed by atoms with van der Waals surface area (Å²) in [6.07, 6.45) is 4.37. The molecule has 0 saturated heterocycles. The zero-order valence-corrected chi connectivity index (χ0v) is 18.3. The molecule has 5 nitrogen and oxygen atoms in total. The summed E-state index contributed by atoms with van der Waals surface area (Å²) in [7, 11) is 0. The van der Waals surface area contributed by atoms with E-state index in [9.17, 15) is 9.59 Å². The Kier molecular flexibility index (Phi) is 6.44. The molecule has 1 amide bonds. The first-order valence-electron chi connectivity index (χ1n) is 10.3. The standard InChI is InChI=1S/C24H22Cl2N2O3/c25-19-10-3-1-6-15(19)14-16-7-5-9-18-23(16)27-28(21(29)12-13-22(30)31)24(18)17-8-2-4-11-20(17)26/h1-4,6,8,10-11,14,18,24H,5,7,9,12-13H2,(H,30,31)/b16-14+. The molecule has 2 atom stereocenters. The molecule has 1 N–H and O–H groups in total. The first-order valence-corrected chi connectivity index (χ1v) is 11.0. The molecule has 31 heavy (non-hydrogen) atoms. The highest BCUT2D eigenvalue weighted by molar-refractivity contribution is 6.32. The van der Waals surface area contributed by atoms with Crippen LogP contribution < -0.4 is 0 Å². The summed E-state index contributed by atoms with van der Waals surface area (Å²) in [4.78, 5) is 24.0. The van der Waals surface area contributed by atoms with E-state index < -0.39 is 5.97 Å². The van der Waals surface area contributed by atoms with E-state index in [1.807, 2.05) is 48.5 Å². The fraction of sp³-hybridized carbons (Fsp3) is 0.292. The molecule has 1 fully saturated rings. The van der Waals surface area contributed by atoms with Crippen molar-refractivity contribution >= 4 is 46.9 Å². The van der Waals surface area contributed by atoms with E-state index in [4.69, 9.17) is 33.4 Å². The molecule has 4 rings (SSSR count). The number of carbonyl (C=O) groups excluding carboxylic acids is 1. The van der Waals surface area contributed by atoms with Crippen LogP contribution in [0.4, 0.5) is 0 Å². The number of nitrogens with zero attached hydrogens (tertiary/aromatic N) is 2. The van der Waals surface area contributed by atoms with E-state index in [1.165, 1.54) is 5.01 Å². The molecular weight excluding hydrogens is 435 g/mol. The van der Waals surface area contributed by atoms with Gasteiger partial charge in [-0.2, -0.15) is 5.10 Å². The third kappa shape index (κ3) is 4.53. The molecule has 2 aromatic carbocycles. The second-order valence-corrected chi connectivity index (χ2v) is 8.59. The van der Waals surface area contributed by atoms with Gasteiger partial charge in [-0.25, -0.2) is 5.01 Å². The lowest BCUT2D eigenvalue weighted by molar-refractivity contribution is -0.141. The van der Waals surface area contributed by atoms with Crippen LogP contribution in [0.15, 0.2) is 59.2 Å². The van der Waals surface area contributed by atoms with E-state index in [-0.39, 0.29) is 30.7 Å². The Hall–Kier alpha value is -2.63. The zero-order chi connectivity index (χ0) is 22.0. The number of rotatable bonds is 5. The van der Waals surface area contributed by atoms with Crippen LogP contribution in [0.1, 0.15) is 49.3 Å². The van der Waals surface area contributed by atoms with Crippen LogP contribution in [-0.2, 0) is 9.59 Å². The fourth-order valence-electron chi connectivity index (χ4n) is 4.34. The van der Waals surface area contributed by atoms with Gasteiger partial charge in [0.25, 0.3) is 0 Å². The van der Waals surface area contributed by atoms with Gasteiger partial charge in [-0.15, -0.1) is 0 Å². The van der Waals surface area contributed by atoms with Crippen molar-refractivity contribution in [2.24, 2.45) is 11.0 Å². The highest BCUT2D eigenvalue weighted by Crippen LogP contribution is 2.46. The average molecular weight is 457 g/mol. The van der Waals surface area contributed by atoms with Crippen molar-refractivity contribution in [2.75, 3.05) is 0 Å². The van der Waals surface area contributed by atoms with Crippen molar-refractivity contribution < 1.29 is 14.7 Å². The first kappa shape index (κ1) is 21.6. The second-order valence-electron chi connectivity index (χ2n) is 7.77. The number of carbonyl (C=O) groups is 2. The SMILES string of the molecule is O=C(O)CCC(=O)N1N=C2/C(=C/c3ccccc3Cl)CCCC2C1c1ccccc1Cl. The molecule has 1 aliphatic heterocycles. The molecule has 0 aromatic heterocycles. The molecule has 2 aliphatic rings. The normalized spacial score (nSPS) is 21.7. The number of aliphatic carboxylic acids is 1. The summed E-state index contributed by atoms with van der Waals surface area (Å²) < 4.78 is 0. The number of allylic oxidation sites excluding steroid dienone is 1. The maximum atomic E-state index is 13.0. The molecule has 1 saturated carbocycles. The van der Waals surface area contributed by atoms with Gasteiger partial charge < -0.3 is 5.11 Å².